The zero-order chi connectivity index (χ0) is 14.4. The molecule has 20 heavy (non-hydrogen) atoms. The van der Waals surface area contributed by atoms with Crippen molar-refractivity contribution in [3.8, 4) is 0 Å². The van der Waals surface area contributed by atoms with Crippen LogP contribution in [0, 0.1) is 0 Å². The molecule has 106 valence electrons. The number of aliphatic hydroxyl groups is 1. The number of carbonyl (C=O) groups excluding carboxylic acids is 1. The van der Waals surface area contributed by atoms with Gasteiger partial charge in [-0.3, -0.25) is 4.79 Å². The normalized spacial score (nSPS) is 10.5. The molecule has 0 radical (unpaired) electrons. The number of anilines is 1. The molecule has 0 fully saturated rings. The molecule has 0 aliphatic heterocycles. The summed E-state index contributed by atoms with van der Waals surface area (Å²) in [5, 5.41) is 16.6. The summed E-state index contributed by atoms with van der Waals surface area (Å²) in [4.78, 5) is 14.0. The van der Waals surface area contributed by atoms with Crippen molar-refractivity contribution in [2.75, 3.05) is 18.1 Å². The molecule has 0 aliphatic carbocycles. The number of nitrogens with zero attached hydrogens (tertiary/aromatic N) is 4. The maximum absolute atomic E-state index is 12.3. The fourth-order valence-electron chi connectivity index (χ4n) is 1.98. The van der Waals surface area contributed by atoms with E-state index in [4.69, 9.17) is 5.11 Å². The average molecular weight is 274 g/mol. The first-order valence-electron chi connectivity index (χ1n) is 6.60. The Balaban J connectivity index is 2.05. The Labute approximate surface area is 117 Å². The Morgan fingerprint density at radius 2 is 2.10 bits per heavy atom. The van der Waals surface area contributed by atoms with E-state index < -0.39 is 0 Å². The number of benzene rings is 1. The zero-order valence-electron chi connectivity index (χ0n) is 11.4. The third-order valence-electron chi connectivity index (χ3n) is 2.94. The molecule has 2 rings (SSSR count). The van der Waals surface area contributed by atoms with E-state index in [0.29, 0.717) is 18.7 Å². The van der Waals surface area contributed by atoms with Crippen LogP contribution in [0.5, 0.6) is 0 Å². The van der Waals surface area contributed by atoms with E-state index in [1.54, 1.807) is 11.1 Å². The van der Waals surface area contributed by atoms with Crippen molar-refractivity contribution in [2.24, 2.45) is 0 Å². The first-order chi connectivity index (χ1) is 9.74. The lowest BCUT2D eigenvalue weighted by Gasteiger charge is -2.20. The van der Waals surface area contributed by atoms with Crippen molar-refractivity contribution < 1.29 is 9.90 Å². The molecule has 1 N–H and O–H groups in total. The van der Waals surface area contributed by atoms with Gasteiger partial charge in [0.05, 0.1) is 5.69 Å². The van der Waals surface area contributed by atoms with E-state index in [-0.39, 0.29) is 19.1 Å². The molecule has 0 aliphatic rings. The van der Waals surface area contributed by atoms with E-state index >= 15 is 0 Å². The SMILES string of the molecule is CCN(C(=O)Cn1cc(CCO)nn1)c1ccccc1. The summed E-state index contributed by atoms with van der Waals surface area (Å²) in [6, 6.07) is 9.53. The number of amides is 1. The Morgan fingerprint density at radius 3 is 2.75 bits per heavy atom. The number of para-hydroxylation sites is 1. The minimum atomic E-state index is -0.0425. The lowest BCUT2D eigenvalue weighted by atomic mass is 10.3. The van der Waals surface area contributed by atoms with Crippen LogP contribution in [-0.4, -0.2) is 39.2 Å². The lowest BCUT2D eigenvalue weighted by Crippen LogP contribution is -2.33. The molecule has 0 saturated carbocycles. The van der Waals surface area contributed by atoms with Gasteiger partial charge in [0.25, 0.3) is 0 Å². The number of rotatable bonds is 6. The van der Waals surface area contributed by atoms with E-state index in [1.165, 1.54) is 4.68 Å². The van der Waals surface area contributed by atoms with Crippen molar-refractivity contribution in [1.29, 1.82) is 0 Å². The summed E-state index contributed by atoms with van der Waals surface area (Å²) in [5.74, 6) is -0.0425. The van der Waals surface area contributed by atoms with Gasteiger partial charge in [-0.05, 0) is 19.1 Å². The van der Waals surface area contributed by atoms with Gasteiger partial charge < -0.3 is 10.0 Å². The van der Waals surface area contributed by atoms with Crippen LogP contribution in [0.15, 0.2) is 36.5 Å². The van der Waals surface area contributed by atoms with Crippen LogP contribution in [0.2, 0.25) is 0 Å². The van der Waals surface area contributed by atoms with Crippen LogP contribution in [0.4, 0.5) is 5.69 Å². The molecule has 6 heteroatoms. The highest BCUT2D eigenvalue weighted by Crippen LogP contribution is 2.13. The highest BCUT2D eigenvalue weighted by molar-refractivity contribution is 5.93. The highest BCUT2D eigenvalue weighted by atomic mass is 16.3. The number of aliphatic hydroxyl groups excluding tert-OH is 1. The Morgan fingerprint density at radius 1 is 1.35 bits per heavy atom. The van der Waals surface area contributed by atoms with Gasteiger partial charge in [-0.1, -0.05) is 23.4 Å². The highest BCUT2D eigenvalue weighted by Gasteiger charge is 2.14. The summed E-state index contributed by atoms with van der Waals surface area (Å²) in [6.07, 6.45) is 2.14. The summed E-state index contributed by atoms with van der Waals surface area (Å²) in [6.45, 7) is 2.70. The van der Waals surface area contributed by atoms with E-state index in [9.17, 15) is 4.79 Å². The maximum atomic E-state index is 12.3. The van der Waals surface area contributed by atoms with Gasteiger partial charge >= 0.3 is 0 Å². The molecule has 0 atom stereocenters. The van der Waals surface area contributed by atoms with Gasteiger partial charge in [-0.15, -0.1) is 5.10 Å². The number of aromatic nitrogens is 3. The van der Waals surface area contributed by atoms with Gasteiger partial charge in [0.15, 0.2) is 0 Å². The van der Waals surface area contributed by atoms with Gasteiger partial charge in [0.2, 0.25) is 5.91 Å². The van der Waals surface area contributed by atoms with E-state index in [1.807, 2.05) is 37.3 Å². The lowest BCUT2D eigenvalue weighted by molar-refractivity contribution is -0.119. The molecule has 0 spiro atoms. The fraction of sp³-hybridized carbons (Fsp3) is 0.357. The number of hydrogen-bond acceptors (Lipinski definition) is 4. The molecular weight excluding hydrogens is 256 g/mol. The van der Waals surface area contributed by atoms with Crippen molar-refractivity contribution in [3.63, 3.8) is 0 Å². The van der Waals surface area contributed by atoms with Crippen LogP contribution in [-0.2, 0) is 17.8 Å². The fourth-order valence-corrected chi connectivity index (χ4v) is 1.98. The summed E-state index contributed by atoms with van der Waals surface area (Å²) in [5.41, 5.74) is 1.55. The predicted molar refractivity (Wildman–Crippen MR) is 75.3 cm³/mol. The number of hydrogen-bond donors (Lipinski definition) is 1. The van der Waals surface area contributed by atoms with Crippen LogP contribution in [0.3, 0.4) is 0 Å². The van der Waals surface area contributed by atoms with Gasteiger partial charge in [-0.25, -0.2) is 4.68 Å². The molecule has 1 amide bonds. The van der Waals surface area contributed by atoms with Gasteiger partial charge in [0, 0.05) is 31.5 Å². The molecule has 2 aromatic rings. The van der Waals surface area contributed by atoms with Crippen molar-refractivity contribution in [1.82, 2.24) is 15.0 Å². The third kappa shape index (κ3) is 3.42. The minimum absolute atomic E-state index is 0.0255. The second-order valence-corrected chi connectivity index (χ2v) is 4.35. The quantitative estimate of drug-likeness (QED) is 0.848. The minimum Gasteiger partial charge on any atom is -0.396 e. The zero-order valence-corrected chi connectivity index (χ0v) is 11.4. The molecular formula is C14H18N4O2. The Kier molecular flexibility index (Phi) is 4.84. The largest absolute Gasteiger partial charge is 0.396 e. The third-order valence-corrected chi connectivity index (χ3v) is 2.94. The van der Waals surface area contributed by atoms with Gasteiger partial charge in [0.1, 0.15) is 6.54 Å². The number of carbonyl (C=O) groups is 1. The predicted octanol–water partition coefficient (Wildman–Crippen LogP) is 0.866. The standard InChI is InChI=1S/C14H18N4O2/c1-2-18(13-6-4-3-5-7-13)14(20)11-17-10-12(8-9-19)15-16-17/h3-7,10,19H,2,8-9,11H2,1H3. The summed E-state index contributed by atoms with van der Waals surface area (Å²) in [7, 11) is 0. The molecule has 0 bridgehead atoms. The van der Waals surface area contributed by atoms with Crippen LogP contribution in [0.25, 0.3) is 0 Å². The maximum Gasteiger partial charge on any atom is 0.248 e. The van der Waals surface area contributed by atoms with Gasteiger partial charge in [-0.2, -0.15) is 0 Å². The first kappa shape index (κ1) is 14.2. The molecule has 1 aromatic carbocycles. The molecule has 1 heterocycles. The molecule has 0 saturated heterocycles. The van der Waals surface area contributed by atoms with E-state index in [0.717, 1.165) is 5.69 Å². The summed E-state index contributed by atoms with van der Waals surface area (Å²) < 4.78 is 1.50. The average Bonchev–Trinajstić information content (AvgIpc) is 2.88. The topological polar surface area (TPSA) is 71.2 Å². The van der Waals surface area contributed by atoms with E-state index in [2.05, 4.69) is 10.3 Å². The molecule has 1 aromatic heterocycles. The Bertz CT molecular complexity index is 553. The van der Waals surface area contributed by atoms with Crippen molar-refractivity contribution in [2.45, 2.75) is 19.9 Å². The monoisotopic (exact) mass is 274 g/mol. The summed E-state index contributed by atoms with van der Waals surface area (Å²) >= 11 is 0. The second-order valence-electron chi connectivity index (χ2n) is 4.35. The van der Waals surface area contributed by atoms with Crippen LogP contribution < -0.4 is 4.90 Å². The molecule has 0 unspecified atom stereocenters. The second kappa shape index (κ2) is 6.81. The van der Waals surface area contributed by atoms with Crippen LogP contribution >= 0.6 is 0 Å². The van der Waals surface area contributed by atoms with Crippen LogP contribution in [0.1, 0.15) is 12.6 Å². The first-order valence-corrected chi connectivity index (χ1v) is 6.60. The Hall–Kier alpha value is -2.21. The number of likely N-dealkylation sites (N-methyl/N-ethyl adjacent to an activating group) is 1. The smallest absolute Gasteiger partial charge is 0.248 e. The van der Waals surface area contributed by atoms with Crippen molar-refractivity contribution in [3.05, 3.63) is 42.2 Å². The molecule has 6 nitrogen and oxygen atoms in total. The van der Waals surface area contributed by atoms with Crippen molar-refractivity contribution >= 4 is 11.6 Å².